The van der Waals surface area contributed by atoms with Crippen molar-refractivity contribution in [1.82, 2.24) is 0 Å². The van der Waals surface area contributed by atoms with Gasteiger partial charge in [-0.15, -0.1) is 0 Å². The van der Waals surface area contributed by atoms with Crippen molar-refractivity contribution in [3.05, 3.63) is 46.8 Å². The van der Waals surface area contributed by atoms with Gasteiger partial charge in [0, 0.05) is 23.1 Å². The predicted octanol–water partition coefficient (Wildman–Crippen LogP) is 3.20. The molecular weight excluding hydrogens is 316 g/mol. The maximum absolute atomic E-state index is 11.7. The van der Waals surface area contributed by atoms with Crippen LogP contribution < -0.4 is 15.1 Å². The van der Waals surface area contributed by atoms with Crippen LogP contribution in [0.2, 0.25) is 0 Å². The Labute approximate surface area is 137 Å². The number of benzene rings is 1. The highest BCUT2D eigenvalue weighted by molar-refractivity contribution is 5.90. The van der Waals surface area contributed by atoms with E-state index in [0.29, 0.717) is 11.8 Å². The van der Waals surface area contributed by atoms with Crippen LogP contribution in [-0.2, 0) is 9.53 Å². The lowest BCUT2D eigenvalue weighted by Gasteiger charge is -2.11. The number of carbonyl (C=O) groups excluding carboxylic acids is 2. The molecule has 1 aromatic carbocycles. The molecule has 24 heavy (non-hydrogen) atoms. The smallest absolute Gasteiger partial charge is 0.434 e. The monoisotopic (exact) mass is 332 g/mol. The molecule has 1 heterocycles. The molecule has 0 radical (unpaired) electrons. The zero-order valence-electron chi connectivity index (χ0n) is 13.3. The molecule has 0 bridgehead atoms. The van der Waals surface area contributed by atoms with Gasteiger partial charge in [0.25, 0.3) is 0 Å². The van der Waals surface area contributed by atoms with Gasteiger partial charge in [0.1, 0.15) is 5.58 Å². The first-order valence-electron chi connectivity index (χ1n) is 7.21. The van der Waals surface area contributed by atoms with E-state index in [2.05, 4.69) is 6.58 Å². The van der Waals surface area contributed by atoms with Crippen LogP contribution in [0.1, 0.15) is 20.3 Å². The topological polar surface area (TPSA) is 92.0 Å². The van der Waals surface area contributed by atoms with Gasteiger partial charge in [-0.1, -0.05) is 13.5 Å². The Bertz CT molecular complexity index is 848. The summed E-state index contributed by atoms with van der Waals surface area (Å²) in [6.07, 6.45) is -0.295. The molecule has 0 aliphatic carbocycles. The molecule has 0 fully saturated rings. The van der Waals surface area contributed by atoms with Crippen molar-refractivity contribution in [2.45, 2.75) is 20.3 Å². The average molecular weight is 332 g/mol. The Morgan fingerprint density at radius 1 is 1.17 bits per heavy atom. The minimum atomic E-state index is -0.929. The molecule has 0 saturated carbocycles. The van der Waals surface area contributed by atoms with E-state index in [1.165, 1.54) is 31.2 Å². The van der Waals surface area contributed by atoms with E-state index >= 15 is 0 Å². The fourth-order valence-electron chi connectivity index (χ4n) is 1.73. The molecule has 126 valence electrons. The third-order valence-electron chi connectivity index (χ3n) is 2.85. The minimum absolute atomic E-state index is 0.0351. The zero-order valence-corrected chi connectivity index (χ0v) is 13.3. The standard InChI is InChI=1S/C17H16O7/c1-4-7-21-17(20)24-13-8-11-5-6-15(18)22-12(11)9-14(13)23-16(19)10(2)3/h5-6,8-9H,2,4,7H2,1,3H3. The molecule has 0 unspecified atom stereocenters. The number of hydrogen-bond acceptors (Lipinski definition) is 7. The molecule has 2 aromatic rings. The first kappa shape index (κ1) is 17.3. The van der Waals surface area contributed by atoms with E-state index < -0.39 is 17.8 Å². The first-order valence-corrected chi connectivity index (χ1v) is 7.21. The van der Waals surface area contributed by atoms with Gasteiger partial charge in [0.2, 0.25) is 0 Å². The molecule has 1 aromatic heterocycles. The second kappa shape index (κ2) is 7.45. The summed E-state index contributed by atoms with van der Waals surface area (Å²) >= 11 is 0. The van der Waals surface area contributed by atoms with E-state index in [9.17, 15) is 14.4 Å². The van der Waals surface area contributed by atoms with Crippen molar-refractivity contribution in [3.8, 4) is 11.5 Å². The van der Waals surface area contributed by atoms with Crippen LogP contribution in [0.15, 0.2) is 45.6 Å². The van der Waals surface area contributed by atoms with Crippen molar-refractivity contribution in [2.24, 2.45) is 0 Å². The Kier molecular flexibility index (Phi) is 5.36. The number of rotatable bonds is 5. The van der Waals surface area contributed by atoms with Gasteiger partial charge in [-0.05, 0) is 25.5 Å². The summed E-state index contributed by atoms with van der Waals surface area (Å²) in [4.78, 5) is 34.7. The van der Waals surface area contributed by atoms with E-state index in [-0.39, 0.29) is 29.3 Å². The molecule has 7 heteroatoms. The highest BCUT2D eigenvalue weighted by Crippen LogP contribution is 2.33. The van der Waals surface area contributed by atoms with Gasteiger partial charge in [-0.3, -0.25) is 0 Å². The SMILES string of the molecule is C=C(C)C(=O)Oc1cc2oc(=O)ccc2cc1OC(=O)OCCC. The number of esters is 1. The third-order valence-corrected chi connectivity index (χ3v) is 2.85. The summed E-state index contributed by atoms with van der Waals surface area (Å²) in [7, 11) is 0. The van der Waals surface area contributed by atoms with Crippen molar-refractivity contribution >= 4 is 23.1 Å². The van der Waals surface area contributed by atoms with Crippen LogP contribution in [0.5, 0.6) is 11.5 Å². The van der Waals surface area contributed by atoms with Crippen LogP contribution in [-0.4, -0.2) is 18.7 Å². The number of ether oxygens (including phenoxy) is 3. The third kappa shape index (κ3) is 4.22. The van der Waals surface area contributed by atoms with E-state index in [4.69, 9.17) is 18.6 Å². The summed E-state index contributed by atoms with van der Waals surface area (Å²) in [5, 5.41) is 0.489. The molecule has 0 saturated heterocycles. The molecule has 2 rings (SSSR count). The van der Waals surface area contributed by atoms with Crippen LogP contribution in [0.3, 0.4) is 0 Å². The maximum Gasteiger partial charge on any atom is 0.513 e. The van der Waals surface area contributed by atoms with E-state index in [1.807, 2.05) is 6.92 Å². The highest BCUT2D eigenvalue weighted by Gasteiger charge is 2.17. The zero-order chi connectivity index (χ0) is 17.7. The lowest BCUT2D eigenvalue weighted by molar-refractivity contribution is -0.130. The average Bonchev–Trinajstić information content (AvgIpc) is 2.53. The van der Waals surface area contributed by atoms with Gasteiger partial charge < -0.3 is 18.6 Å². The normalized spacial score (nSPS) is 10.2. The number of hydrogen-bond donors (Lipinski definition) is 0. The van der Waals surface area contributed by atoms with Crippen LogP contribution >= 0.6 is 0 Å². The van der Waals surface area contributed by atoms with Crippen LogP contribution in [0.25, 0.3) is 11.0 Å². The second-order valence-corrected chi connectivity index (χ2v) is 4.96. The molecule has 0 amide bonds. The Hall–Kier alpha value is -3.09. The van der Waals surface area contributed by atoms with E-state index in [0.717, 1.165) is 0 Å². The molecule has 0 atom stereocenters. The Balaban J connectivity index is 2.42. The second-order valence-electron chi connectivity index (χ2n) is 4.96. The summed E-state index contributed by atoms with van der Waals surface area (Å²) in [5.74, 6) is -0.829. The predicted molar refractivity (Wildman–Crippen MR) is 85.2 cm³/mol. The van der Waals surface area contributed by atoms with Crippen molar-refractivity contribution in [3.63, 3.8) is 0 Å². The van der Waals surface area contributed by atoms with Crippen molar-refractivity contribution < 1.29 is 28.2 Å². The largest absolute Gasteiger partial charge is 0.513 e. The van der Waals surface area contributed by atoms with Crippen LogP contribution in [0, 0.1) is 0 Å². The van der Waals surface area contributed by atoms with Crippen molar-refractivity contribution in [2.75, 3.05) is 6.61 Å². The quantitative estimate of drug-likeness (QED) is 0.273. The minimum Gasteiger partial charge on any atom is -0.434 e. The lowest BCUT2D eigenvalue weighted by atomic mass is 10.2. The Morgan fingerprint density at radius 2 is 1.88 bits per heavy atom. The fourth-order valence-corrected chi connectivity index (χ4v) is 1.73. The number of fused-ring (bicyclic) bond motifs is 1. The van der Waals surface area contributed by atoms with Gasteiger partial charge in [0.05, 0.1) is 6.61 Å². The molecule has 0 N–H and O–H groups in total. The van der Waals surface area contributed by atoms with Gasteiger partial charge in [-0.25, -0.2) is 14.4 Å². The summed E-state index contributed by atoms with van der Waals surface area (Å²) in [5.41, 5.74) is -0.221. The number of carbonyl (C=O) groups is 2. The van der Waals surface area contributed by atoms with E-state index in [1.54, 1.807) is 0 Å². The lowest BCUT2D eigenvalue weighted by Crippen LogP contribution is -2.14. The maximum atomic E-state index is 11.7. The molecule has 0 aliphatic rings. The van der Waals surface area contributed by atoms with Gasteiger partial charge in [0.15, 0.2) is 11.5 Å². The molecular formula is C17H16O7. The fraction of sp³-hybridized carbons (Fsp3) is 0.235. The van der Waals surface area contributed by atoms with Gasteiger partial charge in [-0.2, -0.15) is 0 Å². The highest BCUT2D eigenvalue weighted by atomic mass is 16.7. The first-order chi connectivity index (χ1) is 11.4. The summed E-state index contributed by atoms with van der Waals surface area (Å²) in [6.45, 7) is 6.99. The molecule has 0 aliphatic heterocycles. The van der Waals surface area contributed by atoms with Crippen molar-refractivity contribution in [1.29, 1.82) is 0 Å². The molecule has 7 nitrogen and oxygen atoms in total. The molecule has 0 spiro atoms. The van der Waals surface area contributed by atoms with Crippen LogP contribution in [0.4, 0.5) is 4.79 Å². The Morgan fingerprint density at radius 3 is 2.54 bits per heavy atom. The summed E-state index contributed by atoms with van der Waals surface area (Å²) < 4.78 is 20.1. The van der Waals surface area contributed by atoms with Gasteiger partial charge >= 0.3 is 17.8 Å². The summed E-state index contributed by atoms with van der Waals surface area (Å²) in [6, 6.07) is 5.42.